The van der Waals surface area contributed by atoms with Gasteiger partial charge in [-0.05, 0) is 84.9 Å². The van der Waals surface area contributed by atoms with E-state index in [0.717, 1.165) is 64.6 Å². The largest absolute Gasteiger partial charge is 0.454 e. The number of hydrogen-bond donors (Lipinski definition) is 1. The first-order valence-corrected chi connectivity index (χ1v) is 17.4. The Balaban J connectivity index is 1.47. The highest BCUT2D eigenvalue weighted by Crippen LogP contribution is 2.41. The fourth-order valence-electron chi connectivity index (χ4n) is 6.65. The number of fused-ring (bicyclic) bond motifs is 8. The smallest absolute Gasteiger partial charge is 0.168 e. The fourth-order valence-corrected chi connectivity index (χ4v) is 7.84. The molecular formula is C38H42F2N4O2S. The summed E-state index contributed by atoms with van der Waals surface area (Å²) in [5.41, 5.74) is 3.37. The van der Waals surface area contributed by atoms with Crippen LogP contribution < -0.4 is 4.74 Å². The van der Waals surface area contributed by atoms with Crippen molar-refractivity contribution in [2.75, 3.05) is 11.5 Å². The molecule has 0 radical (unpaired) electrons. The van der Waals surface area contributed by atoms with Gasteiger partial charge in [0.1, 0.15) is 17.9 Å². The number of nitrogens with one attached hydrogen (secondary N) is 1. The molecule has 246 valence electrons. The minimum atomic E-state index is -0.570. The lowest BCUT2D eigenvalue weighted by Crippen LogP contribution is -2.27. The van der Waals surface area contributed by atoms with E-state index in [1.165, 1.54) is 18.2 Å². The van der Waals surface area contributed by atoms with Gasteiger partial charge in [0, 0.05) is 41.7 Å². The molecule has 9 heteroatoms. The van der Waals surface area contributed by atoms with Crippen LogP contribution in [0.4, 0.5) is 8.78 Å². The van der Waals surface area contributed by atoms with Crippen LogP contribution in [0, 0.1) is 23.0 Å². The standard InChI is InChI=1S/C38H42F2N4O2S/c1-24(22-45)18-25-8-6-9-26(19-25)38(4)15-7-14-37(2,3)23-47-17-13-29-28-12-16-41-33(28)21-32(40)34(29)46-27-10-11-31(39)30(20-27)35-42-36(38)43-44(35)5/h6,8-12,16,19-22,24,41H,7,13-15,17-18,23H2,1-5H3. The van der Waals surface area contributed by atoms with E-state index in [1.54, 1.807) is 17.8 Å². The molecule has 47 heavy (non-hydrogen) atoms. The quantitative estimate of drug-likeness (QED) is 0.195. The molecule has 1 N–H and O–H groups in total. The molecule has 3 aromatic carbocycles. The van der Waals surface area contributed by atoms with Gasteiger partial charge in [0.25, 0.3) is 0 Å². The van der Waals surface area contributed by atoms with Crippen molar-refractivity contribution in [1.29, 1.82) is 0 Å². The number of aromatic nitrogens is 4. The molecule has 4 bridgehead atoms. The molecule has 3 heterocycles. The lowest BCUT2D eigenvalue weighted by atomic mass is 9.75. The van der Waals surface area contributed by atoms with Gasteiger partial charge >= 0.3 is 0 Å². The molecule has 1 aliphatic heterocycles. The minimum Gasteiger partial charge on any atom is -0.454 e. The maximum atomic E-state index is 15.6. The van der Waals surface area contributed by atoms with Crippen LogP contribution in [0.1, 0.15) is 69.5 Å². The summed E-state index contributed by atoms with van der Waals surface area (Å²) in [5.74, 6) is 2.16. The summed E-state index contributed by atoms with van der Waals surface area (Å²) >= 11 is 1.87. The zero-order valence-corrected chi connectivity index (χ0v) is 28.5. The maximum Gasteiger partial charge on any atom is 0.168 e. The highest BCUT2D eigenvalue weighted by atomic mass is 32.2. The third-order valence-electron chi connectivity index (χ3n) is 9.40. The van der Waals surface area contributed by atoms with Crippen molar-refractivity contribution in [3.63, 3.8) is 0 Å². The van der Waals surface area contributed by atoms with Crippen LogP contribution in [0.15, 0.2) is 60.8 Å². The molecule has 0 spiro atoms. The monoisotopic (exact) mass is 656 g/mol. The number of hydrogen-bond acceptors (Lipinski definition) is 5. The Morgan fingerprint density at radius 1 is 1.09 bits per heavy atom. The van der Waals surface area contributed by atoms with E-state index in [1.807, 2.05) is 37.0 Å². The average Bonchev–Trinajstić information content (AvgIpc) is 3.67. The van der Waals surface area contributed by atoms with Crippen molar-refractivity contribution in [3.05, 3.63) is 94.9 Å². The number of aryl methyl sites for hydroxylation is 2. The fraction of sp³-hybridized carbons (Fsp3) is 0.395. The SMILES string of the molecule is CC(C=O)Cc1cccc(C2(C)CCCC(C)(C)CSCCc3c(c(F)cc4[nH]ccc34)Oc3ccc(F)c(c3)-c3nc2nn3C)c1. The number of halogens is 2. The van der Waals surface area contributed by atoms with Crippen molar-refractivity contribution in [2.45, 2.75) is 65.2 Å². The molecule has 2 aromatic heterocycles. The highest BCUT2D eigenvalue weighted by Gasteiger charge is 2.35. The average molecular weight is 657 g/mol. The van der Waals surface area contributed by atoms with Crippen LogP contribution in [0.25, 0.3) is 22.3 Å². The van der Waals surface area contributed by atoms with Crippen LogP contribution in [-0.4, -0.2) is 37.5 Å². The van der Waals surface area contributed by atoms with Gasteiger partial charge in [0.2, 0.25) is 0 Å². The molecule has 2 unspecified atom stereocenters. The number of aromatic amines is 1. The van der Waals surface area contributed by atoms with Crippen molar-refractivity contribution >= 4 is 29.0 Å². The number of rotatable bonds is 4. The number of thioether (sulfide) groups is 1. The Morgan fingerprint density at radius 3 is 2.72 bits per heavy atom. The first-order chi connectivity index (χ1) is 22.5. The van der Waals surface area contributed by atoms with Gasteiger partial charge < -0.3 is 14.5 Å². The van der Waals surface area contributed by atoms with E-state index < -0.39 is 17.0 Å². The van der Waals surface area contributed by atoms with Crippen LogP contribution in [0.2, 0.25) is 0 Å². The number of aldehydes is 1. The zero-order valence-electron chi connectivity index (χ0n) is 27.7. The second-order valence-electron chi connectivity index (χ2n) is 13.9. The van der Waals surface area contributed by atoms with Gasteiger partial charge in [0.05, 0.1) is 11.0 Å². The predicted molar refractivity (Wildman–Crippen MR) is 185 cm³/mol. The molecule has 0 saturated carbocycles. The van der Waals surface area contributed by atoms with Gasteiger partial charge in [-0.25, -0.2) is 18.4 Å². The third kappa shape index (κ3) is 6.86. The molecule has 2 atom stereocenters. The highest BCUT2D eigenvalue weighted by molar-refractivity contribution is 7.99. The van der Waals surface area contributed by atoms with E-state index in [9.17, 15) is 4.79 Å². The molecular weight excluding hydrogens is 615 g/mol. The van der Waals surface area contributed by atoms with Crippen LogP contribution in [0.5, 0.6) is 11.5 Å². The van der Waals surface area contributed by atoms with Gasteiger partial charge in [-0.3, -0.25) is 0 Å². The van der Waals surface area contributed by atoms with Crippen molar-refractivity contribution in [3.8, 4) is 22.9 Å². The second-order valence-corrected chi connectivity index (χ2v) is 15.0. The predicted octanol–water partition coefficient (Wildman–Crippen LogP) is 9.20. The van der Waals surface area contributed by atoms with Gasteiger partial charge in [-0.2, -0.15) is 16.9 Å². The van der Waals surface area contributed by atoms with Crippen molar-refractivity contribution in [2.24, 2.45) is 18.4 Å². The summed E-state index contributed by atoms with van der Waals surface area (Å²) in [6.45, 7) is 8.67. The molecule has 0 aliphatic carbocycles. The number of carbonyl (C=O) groups is 1. The normalized spacial score (nSPS) is 19.3. The Hall–Kier alpha value is -3.98. The lowest BCUT2D eigenvalue weighted by Gasteiger charge is -2.31. The molecule has 0 saturated heterocycles. The van der Waals surface area contributed by atoms with E-state index in [0.29, 0.717) is 30.2 Å². The summed E-state index contributed by atoms with van der Waals surface area (Å²) in [6.07, 6.45) is 6.78. The van der Waals surface area contributed by atoms with E-state index >= 15 is 8.78 Å². The molecule has 6 nitrogen and oxygen atoms in total. The number of H-pyrrole nitrogens is 1. The summed E-state index contributed by atoms with van der Waals surface area (Å²) in [4.78, 5) is 19.5. The Labute approximate surface area is 279 Å². The number of ether oxygens (including phenoxy) is 1. The summed E-state index contributed by atoms with van der Waals surface area (Å²) < 4.78 is 39.0. The van der Waals surface area contributed by atoms with Crippen LogP contribution >= 0.6 is 11.8 Å². The van der Waals surface area contributed by atoms with Gasteiger partial charge in [-0.1, -0.05) is 51.5 Å². The lowest BCUT2D eigenvalue weighted by molar-refractivity contribution is -0.110. The minimum absolute atomic E-state index is 0.0617. The van der Waals surface area contributed by atoms with Crippen LogP contribution in [0.3, 0.4) is 0 Å². The third-order valence-corrected chi connectivity index (χ3v) is 10.9. The Kier molecular flexibility index (Phi) is 9.29. The zero-order chi connectivity index (χ0) is 33.3. The van der Waals surface area contributed by atoms with Crippen molar-refractivity contribution in [1.82, 2.24) is 19.7 Å². The summed E-state index contributed by atoms with van der Waals surface area (Å²) in [6, 6.07) is 16.2. The molecule has 6 rings (SSSR count). The number of benzene rings is 3. The Morgan fingerprint density at radius 2 is 1.91 bits per heavy atom. The van der Waals surface area contributed by atoms with Crippen LogP contribution in [-0.2, 0) is 30.1 Å². The number of nitrogens with zero attached hydrogens (tertiary/aromatic N) is 3. The van der Waals surface area contributed by atoms with Crippen molar-refractivity contribution < 1.29 is 18.3 Å². The van der Waals surface area contributed by atoms with E-state index in [4.69, 9.17) is 14.8 Å². The molecule has 0 fully saturated rings. The number of carbonyl (C=O) groups excluding carboxylic acids is 1. The maximum absolute atomic E-state index is 15.6. The van der Waals surface area contributed by atoms with E-state index in [-0.39, 0.29) is 22.6 Å². The topological polar surface area (TPSA) is 72.8 Å². The summed E-state index contributed by atoms with van der Waals surface area (Å²) in [7, 11) is 1.77. The second kappa shape index (κ2) is 13.3. The first kappa shape index (κ1) is 32.9. The first-order valence-electron chi connectivity index (χ1n) is 16.3. The van der Waals surface area contributed by atoms with Gasteiger partial charge in [-0.15, -0.1) is 0 Å². The molecule has 0 amide bonds. The van der Waals surface area contributed by atoms with Gasteiger partial charge in [0.15, 0.2) is 23.2 Å². The van der Waals surface area contributed by atoms with E-state index in [2.05, 4.69) is 44.0 Å². The Bertz CT molecular complexity index is 1920. The molecule has 5 aromatic rings. The molecule has 1 aliphatic rings. The summed E-state index contributed by atoms with van der Waals surface area (Å²) in [5, 5.41) is 5.81.